The van der Waals surface area contributed by atoms with E-state index in [9.17, 15) is 4.57 Å². The molecular weight excluding hydrogens is 283 g/mol. The van der Waals surface area contributed by atoms with E-state index in [1.54, 1.807) is 12.1 Å². The second kappa shape index (κ2) is 6.25. The number of hydrogen-bond donors (Lipinski definition) is 0. The zero-order valence-electron chi connectivity index (χ0n) is 10.5. The average Bonchev–Trinajstić information content (AvgIpc) is 2.40. The fourth-order valence-corrected chi connectivity index (χ4v) is 2.59. The van der Waals surface area contributed by atoms with Crippen LogP contribution in [-0.2, 0) is 15.7 Å². The van der Waals surface area contributed by atoms with E-state index in [1.165, 1.54) is 0 Å². The summed E-state index contributed by atoms with van der Waals surface area (Å²) in [6, 6.07) is 16.5. The van der Waals surface area contributed by atoms with E-state index in [4.69, 9.17) is 20.3 Å². The van der Waals surface area contributed by atoms with Crippen molar-refractivity contribution in [3.8, 4) is 5.75 Å². The highest BCUT2D eigenvalue weighted by Crippen LogP contribution is 2.53. The molecule has 0 unspecified atom stereocenters. The molecule has 1 atom stereocenters. The van der Waals surface area contributed by atoms with Crippen molar-refractivity contribution in [1.29, 1.82) is 0 Å². The summed E-state index contributed by atoms with van der Waals surface area (Å²) in [5, 5.41) is 0. The van der Waals surface area contributed by atoms with Crippen molar-refractivity contribution in [1.82, 2.24) is 0 Å². The molecule has 0 aliphatic rings. The Hall–Kier alpha value is -1.28. The van der Waals surface area contributed by atoms with Crippen LogP contribution in [0.15, 0.2) is 54.6 Å². The molecule has 100 valence electrons. The molecule has 0 radical (unpaired) electrons. The molecule has 2 rings (SSSR count). The van der Waals surface area contributed by atoms with Gasteiger partial charge in [0.25, 0.3) is 0 Å². The topological polar surface area (TPSA) is 35.5 Å². The number of halogens is 1. The zero-order valence-corrected chi connectivity index (χ0v) is 12.1. The normalized spacial score (nSPS) is 13.8. The van der Waals surface area contributed by atoms with Gasteiger partial charge in [0.15, 0.2) is 0 Å². The lowest BCUT2D eigenvalue weighted by atomic mass is 10.2. The Morgan fingerprint density at radius 3 is 2.32 bits per heavy atom. The van der Waals surface area contributed by atoms with Gasteiger partial charge in [-0.25, -0.2) is 4.57 Å². The molecule has 0 amide bonds. The molecule has 19 heavy (non-hydrogen) atoms. The minimum Gasteiger partial charge on any atom is -0.413 e. The standard InChI is InChI=1S/C14H14ClO3P/c1-12-7-9-14(10-8-12)18-19(15,16)17-11-13-5-3-2-4-6-13/h2-10H,11H2,1H3/t19-/m0/s1. The third-order valence-corrected chi connectivity index (χ3v) is 3.83. The van der Waals surface area contributed by atoms with Gasteiger partial charge >= 0.3 is 6.95 Å². The van der Waals surface area contributed by atoms with Crippen LogP contribution in [0.3, 0.4) is 0 Å². The van der Waals surface area contributed by atoms with E-state index < -0.39 is 6.95 Å². The molecule has 2 aromatic rings. The van der Waals surface area contributed by atoms with E-state index in [2.05, 4.69) is 0 Å². The lowest BCUT2D eigenvalue weighted by molar-refractivity contribution is 0.269. The van der Waals surface area contributed by atoms with Crippen molar-refractivity contribution in [2.24, 2.45) is 0 Å². The van der Waals surface area contributed by atoms with Crippen molar-refractivity contribution in [2.75, 3.05) is 0 Å². The third-order valence-electron chi connectivity index (χ3n) is 2.46. The molecule has 0 saturated heterocycles. The minimum atomic E-state index is -3.62. The van der Waals surface area contributed by atoms with Crippen LogP contribution >= 0.6 is 18.2 Å². The minimum absolute atomic E-state index is 0.146. The summed E-state index contributed by atoms with van der Waals surface area (Å²) in [4.78, 5) is 0. The van der Waals surface area contributed by atoms with Gasteiger partial charge in [0.1, 0.15) is 5.75 Å². The maximum atomic E-state index is 12.0. The monoisotopic (exact) mass is 296 g/mol. The molecule has 3 nitrogen and oxygen atoms in total. The molecule has 0 spiro atoms. The molecule has 0 fully saturated rings. The van der Waals surface area contributed by atoms with Crippen molar-refractivity contribution >= 4 is 18.2 Å². The van der Waals surface area contributed by atoms with Gasteiger partial charge in [-0.2, -0.15) is 0 Å². The highest BCUT2D eigenvalue weighted by Gasteiger charge is 2.22. The first-order valence-electron chi connectivity index (χ1n) is 5.80. The molecule has 0 aliphatic heterocycles. The highest BCUT2D eigenvalue weighted by molar-refractivity contribution is 7.81. The predicted molar refractivity (Wildman–Crippen MR) is 76.5 cm³/mol. The summed E-state index contributed by atoms with van der Waals surface area (Å²) in [5.74, 6) is 0.428. The molecule has 0 aliphatic carbocycles. The van der Waals surface area contributed by atoms with Crippen molar-refractivity contribution in [3.05, 3.63) is 65.7 Å². The van der Waals surface area contributed by atoms with E-state index in [0.29, 0.717) is 5.75 Å². The Morgan fingerprint density at radius 1 is 1.05 bits per heavy atom. The van der Waals surface area contributed by atoms with Gasteiger partial charge in [-0.15, -0.1) is 0 Å². The first kappa shape index (κ1) is 14.1. The van der Waals surface area contributed by atoms with Gasteiger partial charge in [0, 0.05) is 11.2 Å². The number of rotatable bonds is 5. The number of aryl methyl sites for hydroxylation is 1. The molecule has 0 heterocycles. The second-order valence-corrected chi connectivity index (χ2v) is 6.64. The van der Waals surface area contributed by atoms with Crippen LogP contribution in [-0.4, -0.2) is 0 Å². The van der Waals surface area contributed by atoms with Gasteiger partial charge in [0.2, 0.25) is 0 Å². The van der Waals surface area contributed by atoms with E-state index in [1.807, 2.05) is 49.4 Å². The average molecular weight is 297 g/mol. The largest absolute Gasteiger partial charge is 0.477 e. The molecule has 5 heteroatoms. The predicted octanol–water partition coefficient (Wildman–Crippen LogP) is 4.94. The smallest absolute Gasteiger partial charge is 0.413 e. The van der Waals surface area contributed by atoms with Gasteiger partial charge < -0.3 is 4.52 Å². The Kier molecular flexibility index (Phi) is 4.65. The van der Waals surface area contributed by atoms with Gasteiger partial charge in [-0.1, -0.05) is 48.0 Å². The Bertz CT molecular complexity index is 569. The van der Waals surface area contributed by atoms with Crippen LogP contribution in [0.1, 0.15) is 11.1 Å². The fraction of sp³-hybridized carbons (Fsp3) is 0.143. The molecule has 2 aromatic carbocycles. The summed E-state index contributed by atoms with van der Waals surface area (Å²) >= 11 is 5.77. The summed E-state index contributed by atoms with van der Waals surface area (Å²) < 4.78 is 22.3. The number of benzene rings is 2. The van der Waals surface area contributed by atoms with Crippen LogP contribution in [0.5, 0.6) is 5.75 Å². The van der Waals surface area contributed by atoms with Gasteiger partial charge in [-0.3, -0.25) is 4.52 Å². The van der Waals surface area contributed by atoms with Crippen LogP contribution in [0.2, 0.25) is 0 Å². The van der Waals surface area contributed by atoms with E-state index >= 15 is 0 Å². The molecule has 0 saturated carbocycles. The van der Waals surface area contributed by atoms with Gasteiger partial charge in [-0.05, 0) is 24.6 Å². The van der Waals surface area contributed by atoms with Crippen LogP contribution in [0, 0.1) is 6.92 Å². The first-order valence-corrected chi connectivity index (χ1v) is 8.24. The molecule has 0 aromatic heterocycles. The SMILES string of the molecule is Cc1ccc(O[P@](=O)(Cl)OCc2ccccc2)cc1. The lowest BCUT2D eigenvalue weighted by Crippen LogP contribution is -1.94. The number of hydrogen-bond acceptors (Lipinski definition) is 3. The lowest BCUT2D eigenvalue weighted by Gasteiger charge is -2.13. The van der Waals surface area contributed by atoms with Crippen LogP contribution in [0.25, 0.3) is 0 Å². The summed E-state index contributed by atoms with van der Waals surface area (Å²) in [6.07, 6.45) is 0. The highest BCUT2D eigenvalue weighted by atomic mass is 35.7. The Balaban J connectivity index is 1.95. The van der Waals surface area contributed by atoms with Crippen molar-refractivity contribution < 1.29 is 13.6 Å². The van der Waals surface area contributed by atoms with Crippen LogP contribution < -0.4 is 4.52 Å². The molecule has 0 N–H and O–H groups in total. The first-order chi connectivity index (χ1) is 9.05. The molecular formula is C14H14ClO3P. The van der Waals surface area contributed by atoms with E-state index in [-0.39, 0.29) is 6.61 Å². The zero-order chi connectivity index (χ0) is 13.7. The Morgan fingerprint density at radius 2 is 1.68 bits per heavy atom. The summed E-state index contributed by atoms with van der Waals surface area (Å²) in [6.45, 7) is -1.52. The second-order valence-electron chi connectivity index (χ2n) is 4.09. The maximum absolute atomic E-state index is 12.0. The van der Waals surface area contributed by atoms with Crippen LogP contribution in [0.4, 0.5) is 0 Å². The quantitative estimate of drug-likeness (QED) is 0.733. The fourth-order valence-electron chi connectivity index (χ4n) is 1.48. The van der Waals surface area contributed by atoms with Crippen molar-refractivity contribution in [2.45, 2.75) is 13.5 Å². The van der Waals surface area contributed by atoms with Gasteiger partial charge in [0.05, 0.1) is 6.61 Å². The summed E-state index contributed by atoms with van der Waals surface area (Å²) in [7, 11) is 0. The third kappa shape index (κ3) is 4.71. The van der Waals surface area contributed by atoms with Crippen molar-refractivity contribution in [3.63, 3.8) is 0 Å². The maximum Gasteiger partial charge on any atom is 0.477 e. The Labute approximate surface area is 117 Å². The molecule has 0 bridgehead atoms. The van der Waals surface area contributed by atoms with E-state index in [0.717, 1.165) is 11.1 Å². The summed E-state index contributed by atoms with van der Waals surface area (Å²) in [5.41, 5.74) is 1.97.